The first kappa shape index (κ1) is 17.7. The molecule has 0 bridgehead atoms. The molecule has 1 aromatic heterocycles. The first-order chi connectivity index (χ1) is 12.7. The van der Waals surface area contributed by atoms with Crippen molar-refractivity contribution in [3.63, 3.8) is 0 Å². The van der Waals surface area contributed by atoms with E-state index in [0.29, 0.717) is 5.95 Å². The van der Waals surface area contributed by atoms with Gasteiger partial charge in [0.1, 0.15) is 5.69 Å². The molecule has 0 aliphatic rings. The van der Waals surface area contributed by atoms with Crippen LogP contribution in [0.4, 0.5) is 5.95 Å². The number of aromatic nitrogens is 2. The zero-order chi connectivity index (χ0) is 18.5. The molecule has 1 heterocycles. The predicted octanol–water partition coefficient (Wildman–Crippen LogP) is 2.48. The maximum Gasteiger partial charge on any atom is 0.297 e. The summed E-state index contributed by atoms with van der Waals surface area (Å²) in [4.78, 5) is 16.9. The Kier molecular flexibility index (Phi) is 5.34. The third-order valence-electron chi connectivity index (χ3n) is 4.21. The Morgan fingerprint density at radius 3 is 2.08 bits per heavy atom. The van der Waals surface area contributed by atoms with Gasteiger partial charge in [0.25, 0.3) is 5.56 Å². The second-order valence-electron chi connectivity index (χ2n) is 5.84. The van der Waals surface area contributed by atoms with E-state index in [4.69, 9.17) is 4.74 Å². The van der Waals surface area contributed by atoms with Crippen molar-refractivity contribution >= 4 is 5.95 Å². The molecule has 0 aliphatic heterocycles. The largest absolute Gasteiger partial charge is 0.490 e. The fourth-order valence-corrected chi connectivity index (χ4v) is 2.85. The molecule has 3 aromatic rings. The van der Waals surface area contributed by atoms with Crippen LogP contribution in [-0.2, 0) is 13.7 Å². The van der Waals surface area contributed by atoms with Crippen LogP contribution >= 0.6 is 0 Å². The molecule has 26 heavy (non-hydrogen) atoms. The van der Waals surface area contributed by atoms with E-state index in [0.717, 1.165) is 11.1 Å². The molecular formula is C20H21N3O3. The number of rotatable bonds is 6. The number of aliphatic hydroxyl groups excluding tert-OH is 1. The van der Waals surface area contributed by atoms with Gasteiger partial charge in [0.05, 0.1) is 19.8 Å². The van der Waals surface area contributed by atoms with Crippen molar-refractivity contribution in [3.05, 3.63) is 87.8 Å². The lowest BCUT2D eigenvalue weighted by Gasteiger charge is -2.22. The van der Waals surface area contributed by atoms with E-state index < -0.39 is 0 Å². The lowest BCUT2D eigenvalue weighted by Crippen LogP contribution is -2.27. The highest BCUT2D eigenvalue weighted by Crippen LogP contribution is 2.26. The van der Waals surface area contributed by atoms with Crippen LogP contribution in [0, 0.1) is 0 Å². The molecule has 0 spiro atoms. The SMILES string of the molecule is COc1c(CO)nc(NC(c2ccccc2)c2ccccc2)n(C)c1=O. The van der Waals surface area contributed by atoms with E-state index in [2.05, 4.69) is 10.3 Å². The second kappa shape index (κ2) is 7.84. The van der Waals surface area contributed by atoms with Crippen LogP contribution in [0.1, 0.15) is 22.9 Å². The molecular weight excluding hydrogens is 330 g/mol. The number of ether oxygens (including phenoxy) is 1. The molecule has 0 saturated carbocycles. The first-order valence-corrected chi connectivity index (χ1v) is 8.27. The standard InChI is InChI=1S/C20H21N3O3/c1-23-19(25)18(26-2)16(13-24)21-20(23)22-17(14-9-5-3-6-10-14)15-11-7-4-8-12-15/h3-12,17,24H,13H2,1-2H3,(H,21,22). The highest BCUT2D eigenvalue weighted by Gasteiger charge is 2.19. The summed E-state index contributed by atoms with van der Waals surface area (Å²) in [5.41, 5.74) is 1.93. The van der Waals surface area contributed by atoms with E-state index in [1.807, 2.05) is 60.7 Å². The van der Waals surface area contributed by atoms with Crippen molar-refractivity contribution < 1.29 is 9.84 Å². The number of methoxy groups -OCH3 is 1. The fraction of sp³-hybridized carbons (Fsp3) is 0.200. The fourth-order valence-electron chi connectivity index (χ4n) is 2.85. The quantitative estimate of drug-likeness (QED) is 0.713. The molecule has 2 N–H and O–H groups in total. The normalized spacial score (nSPS) is 10.8. The molecule has 0 radical (unpaired) electrons. The first-order valence-electron chi connectivity index (χ1n) is 8.27. The highest BCUT2D eigenvalue weighted by molar-refractivity contribution is 5.43. The molecule has 134 valence electrons. The van der Waals surface area contributed by atoms with Gasteiger partial charge in [-0.05, 0) is 11.1 Å². The average molecular weight is 351 g/mol. The second-order valence-corrected chi connectivity index (χ2v) is 5.84. The molecule has 0 atom stereocenters. The Hall–Kier alpha value is -3.12. The van der Waals surface area contributed by atoms with Gasteiger partial charge < -0.3 is 15.2 Å². The van der Waals surface area contributed by atoms with Crippen LogP contribution in [0.15, 0.2) is 65.5 Å². The van der Waals surface area contributed by atoms with Gasteiger partial charge >= 0.3 is 0 Å². The highest BCUT2D eigenvalue weighted by atomic mass is 16.5. The van der Waals surface area contributed by atoms with E-state index in [1.54, 1.807) is 7.05 Å². The zero-order valence-electron chi connectivity index (χ0n) is 14.7. The number of nitrogens with zero attached hydrogens (tertiary/aromatic N) is 2. The summed E-state index contributed by atoms with van der Waals surface area (Å²) < 4.78 is 6.48. The lowest BCUT2D eigenvalue weighted by atomic mass is 9.99. The maximum atomic E-state index is 12.5. The van der Waals surface area contributed by atoms with E-state index >= 15 is 0 Å². The summed E-state index contributed by atoms with van der Waals surface area (Å²) in [5, 5.41) is 12.9. The van der Waals surface area contributed by atoms with Crippen molar-refractivity contribution in [2.75, 3.05) is 12.4 Å². The number of hydrogen-bond donors (Lipinski definition) is 2. The number of benzene rings is 2. The van der Waals surface area contributed by atoms with Crippen molar-refractivity contribution in [2.24, 2.45) is 7.05 Å². The van der Waals surface area contributed by atoms with Crippen LogP contribution in [0.2, 0.25) is 0 Å². The molecule has 0 aliphatic carbocycles. The van der Waals surface area contributed by atoms with Gasteiger partial charge in [-0.15, -0.1) is 0 Å². The summed E-state index contributed by atoms with van der Waals surface area (Å²) >= 11 is 0. The molecule has 0 saturated heterocycles. The minimum atomic E-state index is -0.380. The van der Waals surface area contributed by atoms with Crippen LogP contribution in [0.3, 0.4) is 0 Å². The Bertz CT molecular complexity index is 885. The third kappa shape index (κ3) is 3.45. The molecule has 2 aromatic carbocycles. The van der Waals surface area contributed by atoms with Crippen molar-refractivity contribution in [1.82, 2.24) is 9.55 Å². The van der Waals surface area contributed by atoms with Crippen molar-refractivity contribution in [2.45, 2.75) is 12.6 Å². The smallest absolute Gasteiger partial charge is 0.297 e. The molecule has 3 rings (SSSR count). The average Bonchev–Trinajstić information content (AvgIpc) is 2.70. The van der Waals surface area contributed by atoms with Crippen LogP contribution in [-0.4, -0.2) is 21.8 Å². The Morgan fingerprint density at radius 1 is 1.08 bits per heavy atom. The number of aliphatic hydroxyl groups is 1. The summed E-state index contributed by atoms with van der Waals surface area (Å²) in [6.07, 6.45) is 0. The summed E-state index contributed by atoms with van der Waals surface area (Å²) in [6.45, 7) is -0.380. The minimum Gasteiger partial charge on any atom is -0.490 e. The molecule has 0 fully saturated rings. The Morgan fingerprint density at radius 2 is 1.62 bits per heavy atom. The summed E-state index contributed by atoms with van der Waals surface area (Å²) in [7, 11) is 3.01. The van der Waals surface area contributed by atoms with E-state index in [1.165, 1.54) is 11.7 Å². The van der Waals surface area contributed by atoms with Gasteiger partial charge in [-0.25, -0.2) is 4.98 Å². The van der Waals surface area contributed by atoms with Crippen molar-refractivity contribution in [1.29, 1.82) is 0 Å². The molecule has 6 nitrogen and oxygen atoms in total. The maximum absolute atomic E-state index is 12.5. The van der Waals surface area contributed by atoms with Crippen LogP contribution in [0.5, 0.6) is 5.75 Å². The van der Waals surface area contributed by atoms with Gasteiger partial charge in [-0.3, -0.25) is 9.36 Å². The minimum absolute atomic E-state index is 0.0523. The van der Waals surface area contributed by atoms with Crippen molar-refractivity contribution in [3.8, 4) is 5.75 Å². The Labute approximate surface area is 151 Å². The summed E-state index contributed by atoms with van der Waals surface area (Å²) in [6, 6.07) is 19.6. The van der Waals surface area contributed by atoms with Gasteiger partial charge in [-0.2, -0.15) is 0 Å². The number of anilines is 1. The van der Waals surface area contributed by atoms with E-state index in [9.17, 15) is 9.90 Å². The van der Waals surface area contributed by atoms with Gasteiger partial charge in [0.2, 0.25) is 11.7 Å². The molecule has 0 unspecified atom stereocenters. The third-order valence-corrected chi connectivity index (χ3v) is 4.21. The van der Waals surface area contributed by atoms with Crippen LogP contribution < -0.4 is 15.6 Å². The van der Waals surface area contributed by atoms with Gasteiger partial charge in [0, 0.05) is 7.05 Å². The molecule has 6 heteroatoms. The van der Waals surface area contributed by atoms with Gasteiger partial charge in [-0.1, -0.05) is 60.7 Å². The molecule has 0 amide bonds. The van der Waals surface area contributed by atoms with Crippen LogP contribution in [0.25, 0.3) is 0 Å². The Balaban J connectivity index is 2.08. The topological polar surface area (TPSA) is 76.4 Å². The number of nitrogens with one attached hydrogen (secondary N) is 1. The summed E-state index contributed by atoms with van der Waals surface area (Å²) in [5.74, 6) is 0.411. The zero-order valence-corrected chi connectivity index (χ0v) is 14.7. The lowest BCUT2D eigenvalue weighted by molar-refractivity contribution is 0.266. The van der Waals surface area contributed by atoms with Gasteiger partial charge in [0.15, 0.2) is 0 Å². The predicted molar refractivity (Wildman–Crippen MR) is 100 cm³/mol. The van der Waals surface area contributed by atoms with E-state index in [-0.39, 0.29) is 29.7 Å². The monoisotopic (exact) mass is 351 g/mol. The number of hydrogen-bond acceptors (Lipinski definition) is 5.